The van der Waals surface area contributed by atoms with E-state index >= 15 is 0 Å². The van der Waals surface area contributed by atoms with Gasteiger partial charge in [0.25, 0.3) is 0 Å². The summed E-state index contributed by atoms with van der Waals surface area (Å²) in [6.45, 7) is 5.51. The molecule has 0 aromatic carbocycles. The van der Waals surface area contributed by atoms with Gasteiger partial charge in [-0.05, 0) is 48.6 Å². The van der Waals surface area contributed by atoms with Gasteiger partial charge in [0.2, 0.25) is 0 Å². The largest absolute Gasteiger partial charge is 0.330 e. The van der Waals surface area contributed by atoms with E-state index in [4.69, 9.17) is 5.73 Å². The molecule has 2 N–H and O–H groups in total. The number of hydrogen-bond acceptors (Lipinski definition) is 2. The van der Waals surface area contributed by atoms with Crippen molar-refractivity contribution in [3.05, 3.63) is 0 Å². The molecule has 0 aromatic rings. The van der Waals surface area contributed by atoms with Crippen LogP contribution in [0.2, 0.25) is 0 Å². The summed E-state index contributed by atoms with van der Waals surface area (Å²) >= 11 is 2.11. The number of nitrogens with two attached hydrogens (primary N) is 1. The molecule has 2 heteroatoms. The first-order valence-corrected chi connectivity index (χ1v) is 6.12. The second-order valence-electron chi connectivity index (χ2n) is 4.44. The van der Waals surface area contributed by atoms with Crippen LogP contribution in [0.1, 0.15) is 33.1 Å². The van der Waals surface area contributed by atoms with Crippen molar-refractivity contribution in [2.75, 3.05) is 18.1 Å². The van der Waals surface area contributed by atoms with Crippen molar-refractivity contribution in [3.63, 3.8) is 0 Å². The van der Waals surface area contributed by atoms with Crippen LogP contribution in [0.3, 0.4) is 0 Å². The summed E-state index contributed by atoms with van der Waals surface area (Å²) in [5, 5.41) is 0. The highest BCUT2D eigenvalue weighted by Gasteiger charge is 2.33. The summed E-state index contributed by atoms with van der Waals surface area (Å²) in [4.78, 5) is 0. The maximum absolute atomic E-state index is 5.66. The summed E-state index contributed by atoms with van der Waals surface area (Å²) in [6, 6.07) is 0. The van der Waals surface area contributed by atoms with Crippen LogP contribution in [-0.2, 0) is 0 Å². The van der Waals surface area contributed by atoms with E-state index < -0.39 is 0 Å². The minimum Gasteiger partial charge on any atom is -0.330 e. The molecule has 0 spiro atoms. The molecule has 1 rings (SSSR count). The monoisotopic (exact) mass is 187 g/mol. The molecule has 0 aliphatic carbocycles. The van der Waals surface area contributed by atoms with E-state index in [1.807, 2.05) is 0 Å². The molecule has 1 nitrogen and oxygen atoms in total. The van der Waals surface area contributed by atoms with Crippen molar-refractivity contribution >= 4 is 11.8 Å². The lowest BCUT2D eigenvalue weighted by Gasteiger charge is -2.29. The van der Waals surface area contributed by atoms with Crippen molar-refractivity contribution in [3.8, 4) is 0 Å². The first-order chi connectivity index (χ1) is 5.68. The lowest BCUT2D eigenvalue weighted by molar-refractivity contribution is 0.249. The molecule has 1 aliphatic heterocycles. The van der Waals surface area contributed by atoms with E-state index in [1.54, 1.807) is 0 Å². The molecule has 0 bridgehead atoms. The van der Waals surface area contributed by atoms with Gasteiger partial charge in [0.1, 0.15) is 0 Å². The first-order valence-electron chi connectivity index (χ1n) is 4.96. The molecule has 1 atom stereocenters. The molecule has 1 fully saturated rings. The predicted molar refractivity (Wildman–Crippen MR) is 57.5 cm³/mol. The summed E-state index contributed by atoms with van der Waals surface area (Å²) in [6.07, 6.45) is 4.00. The molecule has 1 unspecified atom stereocenters. The first kappa shape index (κ1) is 10.4. The van der Waals surface area contributed by atoms with Gasteiger partial charge < -0.3 is 5.73 Å². The maximum Gasteiger partial charge on any atom is -0.000993 e. The van der Waals surface area contributed by atoms with Gasteiger partial charge in [0.05, 0.1) is 0 Å². The van der Waals surface area contributed by atoms with Gasteiger partial charge in [0, 0.05) is 0 Å². The van der Waals surface area contributed by atoms with Crippen LogP contribution in [0.25, 0.3) is 0 Å². The topological polar surface area (TPSA) is 26.0 Å². The van der Waals surface area contributed by atoms with E-state index in [1.165, 1.54) is 30.8 Å². The average molecular weight is 187 g/mol. The van der Waals surface area contributed by atoms with Crippen LogP contribution >= 0.6 is 11.8 Å². The molecule has 0 aromatic heterocycles. The number of rotatable bonds is 4. The Hall–Kier alpha value is 0.310. The Labute approximate surface area is 80.5 Å². The normalized spacial score (nSPS) is 30.0. The molecule has 1 heterocycles. The average Bonchev–Trinajstić information content (AvgIpc) is 2.36. The zero-order chi connectivity index (χ0) is 9.03. The third kappa shape index (κ3) is 2.67. The maximum atomic E-state index is 5.66. The zero-order valence-electron chi connectivity index (χ0n) is 8.31. The summed E-state index contributed by atoms with van der Waals surface area (Å²) in [7, 11) is 0. The second kappa shape index (κ2) is 4.52. The Morgan fingerprint density at radius 3 is 2.67 bits per heavy atom. The smallest absolute Gasteiger partial charge is 0.000993 e. The Morgan fingerprint density at radius 1 is 1.50 bits per heavy atom. The summed E-state index contributed by atoms with van der Waals surface area (Å²) in [5.74, 6) is 3.53. The fourth-order valence-corrected chi connectivity index (χ4v) is 3.84. The molecule has 0 saturated carbocycles. The zero-order valence-corrected chi connectivity index (χ0v) is 9.12. The number of thioether (sulfide) groups is 1. The van der Waals surface area contributed by atoms with E-state index in [2.05, 4.69) is 25.6 Å². The minimum absolute atomic E-state index is 0.605. The molecule has 1 aliphatic rings. The summed E-state index contributed by atoms with van der Waals surface area (Å²) in [5.41, 5.74) is 6.26. The quantitative estimate of drug-likeness (QED) is 0.732. The van der Waals surface area contributed by atoms with Gasteiger partial charge in [-0.1, -0.05) is 13.8 Å². The lowest BCUT2D eigenvalue weighted by atomic mass is 9.77. The third-order valence-electron chi connectivity index (χ3n) is 2.70. The highest BCUT2D eigenvalue weighted by Crippen LogP contribution is 2.43. The van der Waals surface area contributed by atoms with Crippen molar-refractivity contribution in [2.24, 2.45) is 17.1 Å². The molecule has 72 valence electrons. The Kier molecular flexibility index (Phi) is 3.91. The lowest BCUT2D eigenvalue weighted by Crippen LogP contribution is -2.25. The predicted octanol–water partition coefficient (Wildman–Crippen LogP) is 2.50. The third-order valence-corrected chi connectivity index (χ3v) is 4.01. The Balaban J connectivity index is 2.46. The van der Waals surface area contributed by atoms with E-state index in [-0.39, 0.29) is 0 Å². The SMILES string of the molecule is CC(C)CC1(CCN)CCSC1. The van der Waals surface area contributed by atoms with Gasteiger partial charge in [-0.2, -0.15) is 11.8 Å². The van der Waals surface area contributed by atoms with Gasteiger partial charge in [0.15, 0.2) is 0 Å². The van der Waals surface area contributed by atoms with Gasteiger partial charge >= 0.3 is 0 Å². The molecular weight excluding hydrogens is 166 g/mol. The minimum atomic E-state index is 0.605. The molecule has 1 saturated heterocycles. The Bertz CT molecular complexity index is 128. The van der Waals surface area contributed by atoms with Crippen LogP contribution in [-0.4, -0.2) is 18.1 Å². The van der Waals surface area contributed by atoms with Gasteiger partial charge in [-0.3, -0.25) is 0 Å². The van der Waals surface area contributed by atoms with Crippen LogP contribution in [0, 0.1) is 11.3 Å². The van der Waals surface area contributed by atoms with Gasteiger partial charge in [-0.15, -0.1) is 0 Å². The van der Waals surface area contributed by atoms with Crippen LogP contribution in [0.5, 0.6) is 0 Å². The van der Waals surface area contributed by atoms with Crippen LogP contribution < -0.4 is 5.73 Å². The fourth-order valence-electron chi connectivity index (χ4n) is 2.28. The fraction of sp³-hybridized carbons (Fsp3) is 1.00. The highest BCUT2D eigenvalue weighted by atomic mass is 32.2. The van der Waals surface area contributed by atoms with Crippen molar-refractivity contribution < 1.29 is 0 Å². The Morgan fingerprint density at radius 2 is 2.25 bits per heavy atom. The van der Waals surface area contributed by atoms with Crippen molar-refractivity contribution in [2.45, 2.75) is 33.1 Å². The molecule has 0 amide bonds. The van der Waals surface area contributed by atoms with E-state index in [0.717, 1.165) is 12.5 Å². The van der Waals surface area contributed by atoms with Crippen LogP contribution in [0.15, 0.2) is 0 Å². The molecular formula is C10H21NS. The molecule has 0 radical (unpaired) electrons. The van der Waals surface area contributed by atoms with Crippen LogP contribution in [0.4, 0.5) is 0 Å². The van der Waals surface area contributed by atoms with Crippen molar-refractivity contribution in [1.29, 1.82) is 0 Å². The molecule has 12 heavy (non-hydrogen) atoms. The van der Waals surface area contributed by atoms with Crippen molar-refractivity contribution in [1.82, 2.24) is 0 Å². The second-order valence-corrected chi connectivity index (χ2v) is 5.54. The van der Waals surface area contributed by atoms with E-state index in [0.29, 0.717) is 5.41 Å². The van der Waals surface area contributed by atoms with E-state index in [9.17, 15) is 0 Å². The van der Waals surface area contributed by atoms with Gasteiger partial charge in [-0.25, -0.2) is 0 Å². The summed E-state index contributed by atoms with van der Waals surface area (Å²) < 4.78 is 0. The standard InChI is InChI=1S/C10H21NS/c1-9(2)7-10(3-5-11)4-6-12-8-10/h9H,3-8,11H2,1-2H3. The highest BCUT2D eigenvalue weighted by molar-refractivity contribution is 7.99. The number of hydrogen-bond donors (Lipinski definition) is 1.